The fourth-order valence-electron chi connectivity index (χ4n) is 3.20. The number of nitrogens with zero attached hydrogens (tertiary/aromatic N) is 2. The fourth-order valence-corrected chi connectivity index (χ4v) is 4.12. The molecule has 0 bridgehead atoms. The van der Waals surface area contributed by atoms with Crippen molar-refractivity contribution < 1.29 is 24.2 Å². The number of nitrogens with one attached hydrogen (secondary N) is 1. The van der Waals surface area contributed by atoms with Crippen LogP contribution in [0.15, 0.2) is 89.1 Å². The third-order valence-electron chi connectivity index (χ3n) is 4.95. The van der Waals surface area contributed by atoms with Gasteiger partial charge in [0.05, 0.1) is 12.6 Å². The Morgan fingerprint density at radius 2 is 1.63 bits per heavy atom. The van der Waals surface area contributed by atoms with Gasteiger partial charge in [0.15, 0.2) is 5.17 Å². The van der Waals surface area contributed by atoms with E-state index in [1.54, 1.807) is 6.07 Å². The van der Waals surface area contributed by atoms with Gasteiger partial charge in [0.1, 0.15) is 30.0 Å². The Balaban J connectivity index is 1.48. The summed E-state index contributed by atoms with van der Waals surface area (Å²) < 4.78 is 12.0. The van der Waals surface area contributed by atoms with E-state index in [-0.39, 0.29) is 11.6 Å². The summed E-state index contributed by atoms with van der Waals surface area (Å²) in [6, 6.07) is 25.1. The number of amides is 1. The summed E-state index contributed by atoms with van der Waals surface area (Å²) >= 11 is 1.04. The molecule has 0 aliphatic carbocycles. The van der Waals surface area contributed by atoms with E-state index in [0.717, 1.165) is 22.9 Å². The molecule has 1 saturated heterocycles. The molecule has 0 saturated carbocycles. The molecule has 3 aromatic carbocycles. The van der Waals surface area contributed by atoms with Crippen molar-refractivity contribution >= 4 is 35.0 Å². The Bertz CT molecular complexity index is 1230. The van der Waals surface area contributed by atoms with Crippen molar-refractivity contribution in [3.8, 4) is 11.5 Å². The second-order valence-electron chi connectivity index (χ2n) is 7.59. The first kappa shape index (κ1) is 24.0. The minimum Gasteiger partial charge on any atom is -0.489 e. The van der Waals surface area contributed by atoms with Gasteiger partial charge in [-0.1, -0.05) is 72.4 Å². The summed E-state index contributed by atoms with van der Waals surface area (Å²) in [5, 5.41) is 19.1. The van der Waals surface area contributed by atoms with E-state index >= 15 is 0 Å². The van der Waals surface area contributed by atoms with Crippen LogP contribution >= 0.6 is 11.8 Å². The highest BCUT2D eigenvalue weighted by Gasteiger charge is 2.32. The molecule has 1 heterocycles. The summed E-state index contributed by atoms with van der Waals surface area (Å²) in [4.78, 5) is 22.7. The first-order valence-corrected chi connectivity index (χ1v) is 11.7. The highest BCUT2D eigenvalue weighted by Crippen LogP contribution is 2.26. The van der Waals surface area contributed by atoms with E-state index < -0.39 is 17.1 Å². The third-order valence-corrected chi connectivity index (χ3v) is 6.02. The molecule has 0 spiro atoms. The quantitative estimate of drug-likeness (QED) is 0.326. The summed E-state index contributed by atoms with van der Waals surface area (Å²) in [6.45, 7) is 0.787. The molecule has 0 radical (unpaired) electrons. The number of hydrogen-bond acceptors (Lipinski definition) is 7. The molecule has 0 aromatic heterocycles. The molecule has 4 rings (SSSR count). The van der Waals surface area contributed by atoms with Crippen LogP contribution in [-0.2, 0) is 22.8 Å². The first-order valence-electron chi connectivity index (χ1n) is 10.8. The Hall–Kier alpha value is -4.11. The molecule has 3 aromatic rings. The van der Waals surface area contributed by atoms with Crippen molar-refractivity contribution in [1.29, 1.82) is 0 Å². The van der Waals surface area contributed by atoms with Crippen LogP contribution in [0, 0.1) is 0 Å². The van der Waals surface area contributed by atoms with Crippen molar-refractivity contribution in [2.45, 2.75) is 24.9 Å². The maximum atomic E-state index is 11.9. The number of benzene rings is 3. The second-order valence-corrected chi connectivity index (χ2v) is 8.78. The van der Waals surface area contributed by atoms with E-state index in [1.807, 2.05) is 72.8 Å². The number of carbonyl (C=O) groups is 2. The van der Waals surface area contributed by atoms with Gasteiger partial charge in [-0.05, 0) is 23.3 Å². The van der Waals surface area contributed by atoms with Crippen LogP contribution in [0.3, 0.4) is 0 Å². The number of ether oxygens (including phenoxy) is 2. The lowest BCUT2D eigenvalue weighted by Crippen LogP contribution is -2.26. The van der Waals surface area contributed by atoms with Gasteiger partial charge in [0.25, 0.3) is 0 Å². The lowest BCUT2D eigenvalue weighted by atomic mass is 10.2. The molecule has 2 N–H and O–H groups in total. The summed E-state index contributed by atoms with van der Waals surface area (Å²) in [5.41, 5.74) is 2.74. The SMILES string of the molecule is O=C(O)CC1SC(=NN=Cc2ccc(OCc3ccccc3)cc2OCc2ccccc2)NC1=O. The molecule has 1 aliphatic heterocycles. The minimum absolute atomic E-state index is 0.257. The van der Waals surface area contributed by atoms with Crippen molar-refractivity contribution in [2.75, 3.05) is 0 Å². The minimum atomic E-state index is -1.04. The highest BCUT2D eigenvalue weighted by atomic mass is 32.2. The van der Waals surface area contributed by atoms with Gasteiger partial charge in [-0.2, -0.15) is 5.10 Å². The third kappa shape index (κ3) is 7.18. The van der Waals surface area contributed by atoms with E-state index in [9.17, 15) is 9.59 Å². The van der Waals surface area contributed by atoms with E-state index in [0.29, 0.717) is 30.3 Å². The van der Waals surface area contributed by atoms with Crippen LogP contribution in [0.25, 0.3) is 0 Å². The number of carbonyl (C=O) groups excluding carboxylic acids is 1. The molecule has 1 fully saturated rings. The van der Waals surface area contributed by atoms with Gasteiger partial charge >= 0.3 is 5.97 Å². The predicted molar refractivity (Wildman–Crippen MR) is 135 cm³/mol. The summed E-state index contributed by atoms with van der Waals surface area (Å²) in [6.07, 6.45) is 1.24. The normalized spacial score (nSPS) is 16.4. The number of amidine groups is 1. The van der Waals surface area contributed by atoms with Crippen LogP contribution in [0.4, 0.5) is 0 Å². The Morgan fingerprint density at radius 3 is 2.29 bits per heavy atom. The monoisotopic (exact) mass is 489 g/mol. The Morgan fingerprint density at radius 1 is 0.971 bits per heavy atom. The molecule has 8 nitrogen and oxygen atoms in total. The largest absolute Gasteiger partial charge is 0.489 e. The van der Waals surface area contributed by atoms with E-state index in [2.05, 4.69) is 15.5 Å². The van der Waals surface area contributed by atoms with Crippen molar-refractivity contribution in [1.82, 2.24) is 5.32 Å². The molecule has 178 valence electrons. The van der Waals surface area contributed by atoms with Gasteiger partial charge in [-0.15, -0.1) is 5.10 Å². The number of aliphatic carboxylic acids is 1. The molecule has 1 unspecified atom stereocenters. The summed E-state index contributed by atoms with van der Waals surface area (Å²) in [5.74, 6) is -0.221. The molecule has 1 aliphatic rings. The number of carboxylic acids is 1. The lowest BCUT2D eigenvalue weighted by Gasteiger charge is -2.12. The summed E-state index contributed by atoms with van der Waals surface area (Å²) in [7, 11) is 0. The zero-order valence-electron chi connectivity index (χ0n) is 18.7. The zero-order chi connectivity index (χ0) is 24.5. The van der Waals surface area contributed by atoms with Gasteiger partial charge in [-0.3, -0.25) is 9.59 Å². The first-order chi connectivity index (χ1) is 17.1. The van der Waals surface area contributed by atoms with Gasteiger partial charge in [-0.25, -0.2) is 0 Å². The molecular formula is C26H23N3O5S. The van der Waals surface area contributed by atoms with E-state index in [4.69, 9.17) is 14.6 Å². The van der Waals surface area contributed by atoms with Crippen LogP contribution in [0.5, 0.6) is 11.5 Å². The average Bonchev–Trinajstić information content (AvgIpc) is 3.21. The predicted octanol–water partition coefficient (Wildman–Crippen LogP) is 4.24. The van der Waals surface area contributed by atoms with Crippen LogP contribution in [0.2, 0.25) is 0 Å². The highest BCUT2D eigenvalue weighted by molar-refractivity contribution is 8.15. The average molecular weight is 490 g/mol. The number of rotatable bonds is 10. The molecule has 9 heteroatoms. The van der Waals surface area contributed by atoms with E-state index in [1.165, 1.54) is 6.21 Å². The van der Waals surface area contributed by atoms with Gasteiger partial charge in [0, 0.05) is 11.6 Å². The van der Waals surface area contributed by atoms with Gasteiger partial charge < -0.3 is 19.9 Å². The Kier molecular flexibility index (Phi) is 8.13. The second kappa shape index (κ2) is 11.8. The molecular weight excluding hydrogens is 466 g/mol. The number of hydrogen-bond donors (Lipinski definition) is 2. The fraction of sp³-hybridized carbons (Fsp3) is 0.154. The van der Waals surface area contributed by atoms with Crippen LogP contribution < -0.4 is 14.8 Å². The molecule has 1 amide bonds. The van der Waals surface area contributed by atoms with Gasteiger partial charge in [0.2, 0.25) is 5.91 Å². The standard InChI is InChI=1S/C26H23N3O5S/c30-24(31)14-23-25(32)28-26(35-23)29-27-15-20-11-12-21(33-16-18-7-3-1-4-8-18)13-22(20)34-17-19-9-5-2-6-10-19/h1-13,15,23H,14,16-17H2,(H,30,31)(H,28,29,32). The molecule has 1 atom stereocenters. The maximum Gasteiger partial charge on any atom is 0.305 e. The van der Waals surface area contributed by atoms with Crippen LogP contribution in [-0.4, -0.2) is 33.6 Å². The van der Waals surface area contributed by atoms with Crippen LogP contribution in [0.1, 0.15) is 23.1 Å². The topological polar surface area (TPSA) is 110 Å². The molecule has 35 heavy (non-hydrogen) atoms. The number of carboxylic acid groups (broad SMARTS) is 1. The van der Waals surface area contributed by atoms with Crippen molar-refractivity contribution in [2.24, 2.45) is 10.2 Å². The maximum absolute atomic E-state index is 11.9. The van der Waals surface area contributed by atoms with Crippen molar-refractivity contribution in [3.05, 3.63) is 95.6 Å². The Labute approximate surface area is 206 Å². The van der Waals surface area contributed by atoms with Crippen molar-refractivity contribution in [3.63, 3.8) is 0 Å². The smallest absolute Gasteiger partial charge is 0.305 e. The number of thioether (sulfide) groups is 1. The zero-order valence-corrected chi connectivity index (χ0v) is 19.5. The lowest BCUT2D eigenvalue weighted by molar-refractivity contribution is -0.138.